The third-order valence-electron chi connectivity index (χ3n) is 2.98. The number of rotatable bonds is 1. The maximum Gasteiger partial charge on any atom is 0.223 e. The molecule has 0 saturated carbocycles. The molecule has 3 nitrogen and oxygen atoms in total. The largest absolute Gasteiger partial charge is 0.497 e. The average molecular weight is 231 g/mol. The number of anilines is 1. The van der Waals surface area contributed by atoms with Crippen LogP contribution in [0.3, 0.4) is 0 Å². The van der Waals surface area contributed by atoms with E-state index in [9.17, 15) is 4.79 Å². The van der Waals surface area contributed by atoms with Gasteiger partial charge in [0.1, 0.15) is 5.75 Å². The molecule has 0 unspecified atom stereocenters. The Morgan fingerprint density at radius 1 is 1.35 bits per heavy atom. The summed E-state index contributed by atoms with van der Waals surface area (Å²) in [6.07, 6.45) is 6.02. The van der Waals surface area contributed by atoms with Crippen molar-refractivity contribution in [3.05, 3.63) is 35.9 Å². The lowest BCUT2D eigenvalue weighted by molar-refractivity contribution is -0.116. The Kier molecular flexibility index (Phi) is 3.47. The van der Waals surface area contributed by atoms with Gasteiger partial charge in [0.25, 0.3) is 0 Å². The number of carbonyl (C=O) groups is 1. The molecule has 0 N–H and O–H groups in total. The van der Waals surface area contributed by atoms with Crippen LogP contribution in [0, 0.1) is 0 Å². The number of fused-ring (bicyclic) bond motifs is 1. The van der Waals surface area contributed by atoms with Crippen LogP contribution in [-0.4, -0.2) is 19.6 Å². The van der Waals surface area contributed by atoms with Gasteiger partial charge < -0.3 is 9.64 Å². The van der Waals surface area contributed by atoms with E-state index in [1.165, 1.54) is 0 Å². The molecule has 0 spiro atoms. The number of carbonyl (C=O) groups excluding carboxylic acids is 1. The molecular formula is C14H17NO2. The van der Waals surface area contributed by atoms with Crippen molar-refractivity contribution in [1.82, 2.24) is 0 Å². The van der Waals surface area contributed by atoms with Gasteiger partial charge >= 0.3 is 0 Å². The molecule has 1 aromatic rings. The van der Waals surface area contributed by atoms with Crippen LogP contribution in [0.15, 0.2) is 30.4 Å². The van der Waals surface area contributed by atoms with Gasteiger partial charge in [0.2, 0.25) is 5.91 Å². The van der Waals surface area contributed by atoms with Crippen LogP contribution < -0.4 is 9.64 Å². The van der Waals surface area contributed by atoms with Crippen molar-refractivity contribution in [2.75, 3.05) is 18.6 Å². The standard InChI is InChI=1S/C14H17NO2/c1-11(16)15-9-5-3-4-6-12-10-13(17-2)7-8-14(12)15/h3-4,7-8,10H,5-6,9H2,1-2H3/b4-3-. The SMILES string of the molecule is COc1ccc2c(c1)C/C=C\CCN2C(C)=O. The van der Waals surface area contributed by atoms with Gasteiger partial charge in [0, 0.05) is 19.2 Å². The fourth-order valence-electron chi connectivity index (χ4n) is 2.09. The first-order valence-corrected chi connectivity index (χ1v) is 5.82. The minimum Gasteiger partial charge on any atom is -0.497 e. The molecule has 0 aromatic heterocycles. The van der Waals surface area contributed by atoms with E-state index in [1.807, 2.05) is 23.1 Å². The van der Waals surface area contributed by atoms with E-state index in [-0.39, 0.29) is 5.91 Å². The Labute approximate surface area is 102 Å². The summed E-state index contributed by atoms with van der Waals surface area (Å²) in [4.78, 5) is 13.5. The molecule has 17 heavy (non-hydrogen) atoms. The van der Waals surface area contributed by atoms with Crippen molar-refractivity contribution in [1.29, 1.82) is 0 Å². The Morgan fingerprint density at radius 2 is 2.18 bits per heavy atom. The highest BCUT2D eigenvalue weighted by Crippen LogP contribution is 2.27. The molecule has 3 heteroatoms. The number of allylic oxidation sites excluding steroid dienone is 1. The zero-order valence-corrected chi connectivity index (χ0v) is 10.3. The maximum atomic E-state index is 11.7. The van der Waals surface area contributed by atoms with Crippen molar-refractivity contribution in [3.8, 4) is 5.75 Å². The van der Waals surface area contributed by atoms with Crippen molar-refractivity contribution in [2.24, 2.45) is 0 Å². The highest BCUT2D eigenvalue weighted by Gasteiger charge is 2.16. The van der Waals surface area contributed by atoms with Crippen LogP contribution in [-0.2, 0) is 11.2 Å². The molecule has 0 bridgehead atoms. The Bertz CT molecular complexity index is 452. The van der Waals surface area contributed by atoms with Gasteiger partial charge in [-0.1, -0.05) is 12.2 Å². The molecule has 0 aliphatic carbocycles. The third-order valence-corrected chi connectivity index (χ3v) is 2.98. The highest BCUT2D eigenvalue weighted by molar-refractivity contribution is 5.92. The number of nitrogens with zero attached hydrogens (tertiary/aromatic N) is 1. The Morgan fingerprint density at radius 3 is 2.88 bits per heavy atom. The van der Waals surface area contributed by atoms with Gasteiger partial charge in [0.15, 0.2) is 0 Å². The minimum absolute atomic E-state index is 0.0896. The van der Waals surface area contributed by atoms with Crippen molar-refractivity contribution < 1.29 is 9.53 Å². The first-order valence-electron chi connectivity index (χ1n) is 5.82. The quantitative estimate of drug-likeness (QED) is 0.695. The van der Waals surface area contributed by atoms with E-state index in [4.69, 9.17) is 4.74 Å². The second-order valence-corrected chi connectivity index (χ2v) is 4.13. The van der Waals surface area contributed by atoms with Gasteiger partial charge in [-0.25, -0.2) is 0 Å². The molecule has 0 radical (unpaired) electrons. The van der Waals surface area contributed by atoms with Crippen LogP contribution in [0.25, 0.3) is 0 Å². The summed E-state index contributed by atoms with van der Waals surface area (Å²) >= 11 is 0. The Balaban J connectivity index is 2.45. The molecule has 1 aliphatic heterocycles. The molecule has 1 heterocycles. The smallest absolute Gasteiger partial charge is 0.223 e. The normalized spacial score (nSPS) is 16.7. The van der Waals surface area contributed by atoms with Gasteiger partial charge in [0.05, 0.1) is 7.11 Å². The van der Waals surface area contributed by atoms with Crippen molar-refractivity contribution in [3.63, 3.8) is 0 Å². The molecule has 0 atom stereocenters. The lowest BCUT2D eigenvalue weighted by Crippen LogP contribution is -2.30. The van der Waals surface area contributed by atoms with Crippen LogP contribution in [0.5, 0.6) is 5.75 Å². The third kappa shape index (κ3) is 2.49. The minimum atomic E-state index is 0.0896. The molecule has 1 aliphatic rings. The van der Waals surface area contributed by atoms with E-state index in [0.717, 1.165) is 36.4 Å². The van der Waals surface area contributed by atoms with Crippen LogP contribution >= 0.6 is 0 Å². The van der Waals surface area contributed by atoms with E-state index >= 15 is 0 Å². The predicted molar refractivity (Wildman–Crippen MR) is 68.5 cm³/mol. The van der Waals surface area contributed by atoms with Crippen molar-refractivity contribution >= 4 is 11.6 Å². The molecule has 0 saturated heterocycles. The molecular weight excluding hydrogens is 214 g/mol. The van der Waals surface area contributed by atoms with Crippen molar-refractivity contribution in [2.45, 2.75) is 19.8 Å². The first-order chi connectivity index (χ1) is 8.22. The number of benzene rings is 1. The monoisotopic (exact) mass is 231 g/mol. The fraction of sp³-hybridized carbons (Fsp3) is 0.357. The van der Waals surface area contributed by atoms with Crippen LogP contribution in [0.4, 0.5) is 5.69 Å². The molecule has 2 rings (SSSR count). The zero-order chi connectivity index (χ0) is 12.3. The molecule has 0 fully saturated rings. The first kappa shape index (κ1) is 11.7. The average Bonchev–Trinajstić information content (AvgIpc) is 2.29. The number of amides is 1. The number of hydrogen-bond donors (Lipinski definition) is 0. The van der Waals surface area contributed by atoms with E-state index in [2.05, 4.69) is 12.2 Å². The summed E-state index contributed by atoms with van der Waals surface area (Å²) in [5, 5.41) is 0. The summed E-state index contributed by atoms with van der Waals surface area (Å²) in [5.41, 5.74) is 2.14. The fourth-order valence-corrected chi connectivity index (χ4v) is 2.09. The summed E-state index contributed by atoms with van der Waals surface area (Å²) in [5.74, 6) is 0.924. The summed E-state index contributed by atoms with van der Waals surface area (Å²) < 4.78 is 5.22. The molecule has 1 aromatic carbocycles. The predicted octanol–water partition coefficient (Wildman–Crippen LogP) is 2.55. The lowest BCUT2D eigenvalue weighted by atomic mass is 10.1. The van der Waals surface area contributed by atoms with Gasteiger partial charge in [-0.2, -0.15) is 0 Å². The lowest BCUT2D eigenvalue weighted by Gasteiger charge is -2.25. The second-order valence-electron chi connectivity index (χ2n) is 4.13. The topological polar surface area (TPSA) is 29.5 Å². The number of ether oxygens (including phenoxy) is 1. The van der Waals surface area contributed by atoms with E-state index in [0.29, 0.717) is 0 Å². The summed E-state index contributed by atoms with van der Waals surface area (Å²) in [6.45, 7) is 2.35. The van der Waals surface area contributed by atoms with E-state index < -0.39 is 0 Å². The number of hydrogen-bond acceptors (Lipinski definition) is 2. The summed E-state index contributed by atoms with van der Waals surface area (Å²) in [7, 11) is 1.66. The van der Waals surface area contributed by atoms with Crippen LogP contribution in [0.1, 0.15) is 18.9 Å². The summed E-state index contributed by atoms with van der Waals surface area (Å²) in [6, 6.07) is 5.87. The highest BCUT2D eigenvalue weighted by atomic mass is 16.5. The second kappa shape index (κ2) is 5.04. The molecule has 90 valence electrons. The zero-order valence-electron chi connectivity index (χ0n) is 10.3. The Hall–Kier alpha value is -1.77. The van der Waals surface area contributed by atoms with Gasteiger partial charge in [-0.3, -0.25) is 4.79 Å². The number of methoxy groups -OCH3 is 1. The molecule has 1 amide bonds. The van der Waals surface area contributed by atoms with E-state index in [1.54, 1.807) is 14.0 Å². The van der Waals surface area contributed by atoms with Crippen LogP contribution in [0.2, 0.25) is 0 Å². The van der Waals surface area contributed by atoms with Gasteiger partial charge in [-0.05, 0) is 36.6 Å². The maximum absolute atomic E-state index is 11.7. The van der Waals surface area contributed by atoms with Gasteiger partial charge in [-0.15, -0.1) is 0 Å².